The van der Waals surface area contributed by atoms with Gasteiger partial charge in [-0.05, 0) is 53.3 Å². The van der Waals surface area contributed by atoms with Crippen molar-refractivity contribution in [2.45, 2.75) is 45.7 Å². The van der Waals surface area contributed by atoms with Crippen molar-refractivity contribution in [1.29, 1.82) is 0 Å². The average molecular weight is 453 g/mol. The Balaban J connectivity index is 1.80. The van der Waals surface area contributed by atoms with E-state index < -0.39 is 0 Å². The number of hydrogen-bond donors (Lipinski definition) is 0. The van der Waals surface area contributed by atoms with Crippen LogP contribution in [0.3, 0.4) is 0 Å². The lowest BCUT2D eigenvalue weighted by molar-refractivity contribution is 0.0719. The second kappa shape index (κ2) is 10.8. The van der Waals surface area contributed by atoms with Crippen LogP contribution < -0.4 is 0 Å². The maximum atomic E-state index is 13.4. The van der Waals surface area contributed by atoms with Gasteiger partial charge in [0, 0.05) is 49.3 Å². The van der Waals surface area contributed by atoms with E-state index >= 15 is 0 Å². The zero-order chi connectivity index (χ0) is 23.1. The molecular formula is C27H33ClN2O2. The number of hydrogen-bond acceptors (Lipinski definition) is 2. The van der Waals surface area contributed by atoms with Crippen molar-refractivity contribution in [2.75, 3.05) is 20.3 Å². The summed E-state index contributed by atoms with van der Waals surface area (Å²) in [6.07, 6.45) is 2.82. The number of halogens is 1. The summed E-state index contributed by atoms with van der Waals surface area (Å²) in [6, 6.07) is 19.9. The van der Waals surface area contributed by atoms with E-state index in [1.807, 2.05) is 53.6 Å². The van der Waals surface area contributed by atoms with Gasteiger partial charge in [-0.3, -0.25) is 4.79 Å². The molecule has 0 unspecified atom stereocenters. The van der Waals surface area contributed by atoms with Crippen LogP contribution in [0.2, 0.25) is 5.02 Å². The number of carbonyl (C=O) groups excluding carboxylic acids is 1. The lowest BCUT2D eigenvalue weighted by atomic mass is 9.86. The number of aromatic nitrogens is 1. The Kier molecular flexibility index (Phi) is 8.16. The zero-order valence-corrected chi connectivity index (χ0v) is 20.2. The third-order valence-corrected chi connectivity index (χ3v) is 6.01. The summed E-state index contributed by atoms with van der Waals surface area (Å²) < 4.78 is 7.38. The molecule has 0 aliphatic carbocycles. The fourth-order valence-electron chi connectivity index (χ4n) is 3.70. The third-order valence-electron chi connectivity index (χ3n) is 5.64. The number of methoxy groups -OCH3 is 1. The lowest BCUT2D eigenvalue weighted by Crippen LogP contribution is -2.33. The fraction of sp³-hybridized carbons (Fsp3) is 0.370. The maximum Gasteiger partial charge on any atom is 0.254 e. The van der Waals surface area contributed by atoms with Gasteiger partial charge in [0.15, 0.2) is 0 Å². The molecule has 0 radical (unpaired) electrons. The first-order valence-corrected chi connectivity index (χ1v) is 11.4. The van der Waals surface area contributed by atoms with Gasteiger partial charge in [0.05, 0.1) is 6.54 Å². The number of nitrogens with zero attached hydrogens (tertiary/aromatic N) is 2. The van der Waals surface area contributed by atoms with Crippen LogP contribution >= 0.6 is 11.6 Å². The van der Waals surface area contributed by atoms with E-state index in [1.165, 1.54) is 5.56 Å². The average Bonchev–Trinajstić information content (AvgIpc) is 3.20. The second-order valence-electron chi connectivity index (χ2n) is 9.12. The number of benzene rings is 2. The summed E-state index contributed by atoms with van der Waals surface area (Å²) in [5.74, 6) is 0.0343. The van der Waals surface area contributed by atoms with Crippen molar-refractivity contribution >= 4 is 17.5 Å². The first-order chi connectivity index (χ1) is 15.3. The number of rotatable bonds is 9. The zero-order valence-electron chi connectivity index (χ0n) is 19.5. The van der Waals surface area contributed by atoms with Gasteiger partial charge in [0.1, 0.15) is 0 Å². The summed E-state index contributed by atoms with van der Waals surface area (Å²) >= 11 is 6.37. The molecule has 0 N–H and O–H groups in total. The Morgan fingerprint density at radius 1 is 1.03 bits per heavy atom. The van der Waals surface area contributed by atoms with Crippen LogP contribution in [0.4, 0.5) is 0 Å². The minimum atomic E-state index is 0.0343. The van der Waals surface area contributed by atoms with E-state index in [0.717, 1.165) is 22.7 Å². The van der Waals surface area contributed by atoms with E-state index in [9.17, 15) is 4.79 Å². The molecule has 0 saturated heterocycles. The fourth-order valence-corrected chi connectivity index (χ4v) is 3.90. The highest BCUT2D eigenvalue weighted by Crippen LogP contribution is 2.23. The van der Waals surface area contributed by atoms with Crippen LogP contribution in [0, 0.1) is 0 Å². The molecule has 3 aromatic rings. The third kappa shape index (κ3) is 6.24. The normalized spacial score (nSPS) is 11.5. The van der Waals surface area contributed by atoms with E-state index in [1.54, 1.807) is 7.11 Å². The quantitative estimate of drug-likeness (QED) is 0.364. The Morgan fingerprint density at radius 3 is 2.41 bits per heavy atom. The summed E-state index contributed by atoms with van der Waals surface area (Å²) in [6.45, 7) is 8.97. The highest BCUT2D eigenvalue weighted by atomic mass is 35.5. The van der Waals surface area contributed by atoms with Crippen molar-refractivity contribution in [3.8, 4) is 0 Å². The topological polar surface area (TPSA) is 34.5 Å². The molecule has 32 heavy (non-hydrogen) atoms. The molecule has 4 nitrogen and oxygen atoms in total. The molecule has 0 fully saturated rings. The van der Waals surface area contributed by atoms with Gasteiger partial charge in [0.25, 0.3) is 5.91 Å². The molecule has 2 aromatic carbocycles. The van der Waals surface area contributed by atoms with Crippen LogP contribution in [-0.2, 0) is 23.2 Å². The van der Waals surface area contributed by atoms with E-state index in [2.05, 4.69) is 43.5 Å². The van der Waals surface area contributed by atoms with Crippen molar-refractivity contribution in [3.05, 3.63) is 94.3 Å². The molecule has 0 aliphatic heterocycles. The SMILES string of the molecule is COCCCN(Cc1cccn1Cc1ccccc1Cl)C(=O)c1ccc(C(C)(C)C)cc1. The smallest absolute Gasteiger partial charge is 0.254 e. The maximum absolute atomic E-state index is 13.4. The first kappa shape index (κ1) is 24.1. The number of ether oxygens (including phenoxy) is 1. The summed E-state index contributed by atoms with van der Waals surface area (Å²) in [4.78, 5) is 15.3. The predicted octanol–water partition coefficient (Wildman–Crippen LogP) is 6.17. The van der Waals surface area contributed by atoms with Crippen LogP contribution in [0.1, 0.15) is 54.4 Å². The van der Waals surface area contributed by atoms with Crippen molar-refractivity contribution in [3.63, 3.8) is 0 Å². The van der Waals surface area contributed by atoms with Crippen LogP contribution in [0.15, 0.2) is 66.9 Å². The molecule has 170 valence electrons. The van der Waals surface area contributed by atoms with Gasteiger partial charge >= 0.3 is 0 Å². The van der Waals surface area contributed by atoms with Crippen molar-refractivity contribution < 1.29 is 9.53 Å². The monoisotopic (exact) mass is 452 g/mol. The van der Waals surface area contributed by atoms with E-state index in [4.69, 9.17) is 16.3 Å². The van der Waals surface area contributed by atoms with E-state index in [0.29, 0.717) is 31.8 Å². The Bertz CT molecular complexity index is 1020. The van der Waals surface area contributed by atoms with E-state index in [-0.39, 0.29) is 11.3 Å². The molecule has 0 bridgehead atoms. The first-order valence-electron chi connectivity index (χ1n) is 11.1. The van der Waals surface area contributed by atoms with Gasteiger partial charge in [0.2, 0.25) is 0 Å². The lowest BCUT2D eigenvalue weighted by Gasteiger charge is -2.25. The van der Waals surface area contributed by atoms with Gasteiger partial charge in [-0.25, -0.2) is 0 Å². The molecular weight excluding hydrogens is 420 g/mol. The minimum Gasteiger partial charge on any atom is -0.385 e. The Labute approximate surface area is 196 Å². The van der Waals surface area contributed by atoms with Crippen LogP contribution in [-0.4, -0.2) is 35.6 Å². The molecule has 1 amide bonds. The van der Waals surface area contributed by atoms with Gasteiger partial charge < -0.3 is 14.2 Å². The summed E-state index contributed by atoms with van der Waals surface area (Å²) in [7, 11) is 1.69. The molecule has 0 saturated carbocycles. The van der Waals surface area contributed by atoms with Crippen molar-refractivity contribution in [1.82, 2.24) is 9.47 Å². The Hall–Kier alpha value is -2.56. The predicted molar refractivity (Wildman–Crippen MR) is 131 cm³/mol. The molecule has 5 heteroatoms. The minimum absolute atomic E-state index is 0.0343. The number of carbonyl (C=O) groups is 1. The largest absolute Gasteiger partial charge is 0.385 e. The molecule has 3 rings (SSSR count). The Morgan fingerprint density at radius 2 is 1.75 bits per heavy atom. The highest BCUT2D eigenvalue weighted by Gasteiger charge is 2.19. The van der Waals surface area contributed by atoms with Gasteiger partial charge in [-0.1, -0.05) is 62.7 Å². The second-order valence-corrected chi connectivity index (χ2v) is 9.53. The summed E-state index contributed by atoms with van der Waals surface area (Å²) in [5.41, 5.74) is 4.11. The molecule has 1 heterocycles. The van der Waals surface area contributed by atoms with Gasteiger partial charge in [-0.2, -0.15) is 0 Å². The molecule has 0 atom stereocenters. The van der Waals surface area contributed by atoms with Crippen LogP contribution in [0.25, 0.3) is 0 Å². The molecule has 0 aliphatic rings. The van der Waals surface area contributed by atoms with Crippen LogP contribution in [0.5, 0.6) is 0 Å². The number of amides is 1. The summed E-state index contributed by atoms with van der Waals surface area (Å²) in [5, 5.41) is 0.749. The van der Waals surface area contributed by atoms with Crippen molar-refractivity contribution in [2.24, 2.45) is 0 Å². The standard InChI is InChI=1S/C27H33ClN2O2/c1-27(2,3)23-14-12-21(13-15-23)26(31)30(17-8-18-32-4)20-24-10-7-16-29(24)19-22-9-5-6-11-25(22)28/h5-7,9-16H,8,17-20H2,1-4H3. The molecule has 0 spiro atoms. The molecule has 1 aromatic heterocycles. The van der Waals surface area contributed by atoms with Gasteiger partial charge in [-0.15, -0.1) is 0 Å². The highest BCUT2D eigenvalue weighted by molar-refractivity contribution is 6.31.